The molecule has 1 aliphatic heterocycles. The Kier molecular flexibility index (Phi) is 3.70. The molecule has 3 heteroatoms. The maximum atomic E-state index is 5.78. The summed E-state index contributed by atoms with van der Waals surface area (Å²) in [7, 11) is 0. The topological polar surface area (TPSA) is 42.1 Å². The summed E-state index contributed by atoms with van der Waals surface area (Å²) >= 11 is 0. The normalized spacial score (nSPS) is 14.8. The molecule has 2 aromatic rings. The summed E-state index contributed by atoms with van der Waals surface area (Å²) in [4.78, 5) is 7.06. The third-order valence-electron chi connectivity index (χ3n) is 3.91. The molecule has 1 aromatic heterocycles. The maximum absolute atomic E-state index is 5.78. The number of aryl methyl sites for hydroxylation is 2. The van der Waals surface area contributed by atoms with Crippen LogP contribution in [0.5, 0.6) is 0 Å². The van der Waals surface area contributed by atoms with Gasteiger partial charge < -0.3 is 10.6 Å². The maximum Gasteiger partial charge on any atom is 0.129 e. The molecule has 0 saturated heterocycles. The first-order chi connectivity index (χ1) is 9.76. The van der Waals surface area contributed by atoms with E-state index >= 15 is 0 Å². The Morgan fingerprint density at radius 3 is 2.80 bits per heavy atom. The third-order valence-corrected chi connectivity index (χ3v) is 3.91. The van der Waals surface area contributed by atoms with Crippen molar-refractivity contribution in [3.63, 3.8) is 0 Å². The van der Waals surface area contributed by atoms with Crippen molar-refractivity contribution in [3.8, 4) is 0 Å². The first-order valence-electron chi connectivity index (χ1n) is 7.25. The van der Waals surface area contributed by atoms with Gasteiger partial charge in [-0.25, -0.2) is 4.98 Å². The van der Waals surface area contributed by atoms with Crippen molar-refractivity contribution in [1.29, 1.82) is 0 Å². The van der Waals surface area contributed by atoms with Crippen molar-refractivity contribution in [2.75, 3.05) is 11.4 Å². The summed E-state index contributed by atoms with van der Waals surface area (Å²) in [6, 6.07) is 12.9. The number of rotatable bonds is 2. The molecule has 20 heavy (non-hydrogen) atoms. The highest BCUT2D eigenvalue weighted by atomic mass is 15.2. The Bertz CT molecular complexity index is 607. The molecule has 1 aromatic carbocycles. The second-order valence-electron chi connectivity index (χ2n) is 5.47. The fourth-order valence-electron chi connectivity index (χ4n) is 2.90. The Labute approximate surface area is 120 Å². The summed E-state index contributed by atoms with van der Waals surface area (Å²) in [5.41, 5.74) is 10.9. The van der Waals surface area contributed by atoms with Gasteiger partial charge in [0, 0.05) is 25.3 Å². The zero-order chi connectivity index (χ0) is 13.9. The molecule has 0 amide bonds. The molecule has 2 N–H and O–H groups in total. The number of nitrogens with zero attached hydrogens (tertiary/aromatic N) is 2. The summed E-state index contributed by atoms with van der Waals surface area (Å²) in [6.45, 7) is 4.60. The van der Waals surface area contributed by atoms with E-state index in [0.29, 0.717) is 6.54 Å². The molecule has 0 bridgehead atoms. The molecule has 0 radical (unpaired) electrons. The predicted octanol–water partition coefficient (Wildman–Crippen LogP) is 2.80. The number of benzene rings is 1. The number of anilines is 1. The van der Waals surface area contributed by atoms with Crippen LogP contribution in [-0.4, -0.2) is 11.5 Å². The summed E-state index contributed by atoms with van der Waals surface area (Å²) in [5.74, 6) is 1.06. The highest BCUT2D eigenvalue weighted by molar-refractivity contribution is 5.45. The van der Waals surface area contributed by atoms with Crippen molar-refractivity contribution in [2.45, 2.75) is 32.9 Å². The van der Waals surface area contributed by atoms with Gasteiger partial charge in [-0.2, -0.15) is 0 Å². The molecule has 2 heterocycles. The van der Waals surface area contributed by atoms with Gasteiger partial charge >= 0.3 is 0 Å². The Balaban J connectivity index is 1.93. The Morgan fingerprint density at radius 1 is 1.20 bits per heavy atom. The van der Waals surface area contributed by atoms with Gasteiger partial charge in [0.1, 0.15) is 5.82 Å². The van der Waals surface area contributed by atoms with Crippen LogP contribution >= 0.6 is 0 Å². The molecule has 3 nitrogen and oxygen atoms in total. The lowest BCUT2D eigenvalue weighted by molar-refractivity contribution is 0.751. The summed E-state index contributed by atoms with van der Waals surface area (Å²) < 4.78 is 0. The molecule has 0 unspecified atom stereocenters. The van der Waals surface area contributed by atoms with Gasteiger partial charge in [-0.1, -0.05) is 24.3 Å². The lowest BCUT2D eigenvalue weighted by Crippen LogP contribution is -2.24. The van der Waals surface area contributed by atoms with Gasteiger partial charge in [0.15, 0.2) is 0 Å². The zero-order valence-corrected chi connectivity index (χ0v) is 12.0. The monoisotopic (exact) mass is 267 g/mol. The molecular weight excluding hydrogens is 246 g/mol. The predicted molar refractivity (Wildman–Crippen MR) is 82.7 cm³/mol. The van der Waals surface area contributed by atoms with E-state index in [1.54, 1.807) is 0 Å². The molecule has 3 rings (SSSR count). The van der Waals surface area contributed by atoms with Gasteiger partial charge in [-0.3, -0.25) is 0 Å². The van der Waals surface area contributed by atoms with Crippen LogP contribution in [0.15, 0.2) is 36.4 Å². The minimum atomic E-state index is 0.570. The van der Waals surface area contributed by atoms with Crippen LogP contribution in [0.25, 0.3) is 0 Å². The van der Waals surface area contributed by atoms with E-state index in [2.05, 4.69) is 41.3 Å². The molecule has 0 fully saturated rings. The van der Waals surface area contributed by atoms with E-state index < -0.39 is 0 Å². The van der Waals surface area contributed by atoms with Crippen molar-refractivity contribution in [3.05, 3.63) is 58.8 Å². The van der Waals surface area contributed by atoms with E-state index in [0.717, 1.165) is 36.6 Å². The van der Waals surface area contributed by atoms with Crippen molar-refractivity contribution in [2.24, 2.45) is 5.73 Å². The van der Waals surface area contributed by atoms with E-state index in [1.165, 1.54) is 17.5 Å². The standard InChI is InChI=1S/C17H21N3/c1-13-9-14(11-18)10-17(19-13)20-8-4-7-15-5-2-3-6-16(15)12-20/h2-3,5-6,9-10H,4,7-8,11-12,18H2,1H3. The second-order valence-corrected chi connectivity index (χ2v) is 5.47. The lowest BCUT2D eigenvalue weighted by Gasteiger charge is -2.23. The van der Waals surface area contributed by atoms with Crippen LogP contribution < -0.4 is 10.6 Å². The van der Waals surface area contributed by atoms with E-state index in [-0.39, 0.29) is 0 Å². The SMILES string of the molecule is Cc1cc(CN)cc(N2CCCc3ccccc3C2)n1. The van der Waals surface area contributed by atoms with Gasteiger partial charge in [-0.05, 0) is 48.6 Å². The molecule has 0 atom stereocenters. The van der Waals surface area contributed by atoms with Gasteiger partial charge in [0.2, 0.25) is 0 Å². The minimum absolute atomic E-state index is 0.570. The smallest absolute Gasteiger partial charge is 0.129 e. The molecule has 0 saturated carbocycles. The van der Waals surface area contributed by atoms with E-state index in [4.69, 9.17) is 10.7 Å². The zero-order valence-electron chi connectivity index (χ0n) is 12.0. The van der Waals surface area contributed by atoms with E-state index in [1.807, 2.05) is 6.92 Å². The largest absolute Gasteiger partial charge is 0.352 e. The summed E-state index contributed by atoms with van der Waals surface area (Å²) in [5, 5.41) is 0. The van der Waals surface area contributed by atoms with Crippen LogP contribution in [0.3, 0.4) is 0 Å². The van der Waals surface area contributed by atoms with Crippen LogP contribution in [0, 0.1) is 6.92 Å². The molecule has 0 spiro atoms. The number of nitrogens with two attached hydrogens (primary N) is 1. The highest BCUT2D eigenvalue weighted by Gasteiger charge is 2.15. The average molecular weight is 267 g/mol. The van der Waals surface area contributed by atoms with Crippen molar-refractivity contribution in [1.82, 2.24) is 4.98 Å². The Hall–Kier alpha value is -1.87. The van der Waals surface area contributed by atoms with Crippen LogP contribution in [-0.2, 0) is 19.5 Å². The van der Waals surface area contributed by atoms with Crippen molar-refractivity contribution < 1.29 is 0 Å². The van der Waals surface area contributed by atoms with Gasteiger partial charge in [0.25, 0.3) is 0 Å². The van der Waals surface area contributed by atoms with Crippen molar-refractivity contribution >= 4 is 5.82 Å². The number of aromatic nitrogens is 1. The fraction of sp³-hybridized carbons (Fsp3) is 0.353. The second kappa shape index (κ2) is 5.63. The van der Waals surface area contributed by atoms with Crippen LogP contribution in [0.2, 0.25) is 0 Å². The molecule has 0 aliphatic carbocycles. The molecular formula is C17H21N3. The third kappa shape index (κ3) is 2.68. The Morgan fingerprint density at radius 2 is 2.00 bits per heavy atom. The van der Waals surface area contributed by atoms with Gasteiger partial charge in [0.05, 0.1) is 0 Å². The molecule has 104 valence electrons. The van der Waals surface area contributed by atoms with E-state index in [9.17, 15) is 0 Å². The number of pyridine rings is 1. The lowest BCUT2D eigenvalue weighted by atomic mass is 10.0. The number of fused-ring (bicyclic) bond motifs is 1. The van der Waals surface area contributed by atoms with Gasteiger partial charge in [-0.15, -0.1) is 0 Å². The highest BCUT2D eigenvalue weighted by Crippen LogP contribution is 2.23. The first kappa shape index (κ1) is 13.1. The average Bonchev–Trinajstić information content (AvgIpc) is 2.68. The number of hydrogen-bond acceptors (Lipinski definition) is 3. The molecule has 1 aliphatic rings. The fourth-order valence-corrected chi connectivity index (χ4v) is 2.90. The van der Waals surface area contributed by atoms with Crippen LogP contribution in [0.4, 0.5) is 5.82 Å². The quantitative estimate of drug-likeness (QED) is 0.909. The van der Waals surface area contributed by atoms with Crippen LogP contribution in [0.1, 0.15) is 28.8 Å². The minimum Gasteiger partial charge on any atom is -0.352 e. The first-order valence-corrected chi connectivity index (χ1v) is 7.25. The summed E-state index contributed by atoms with van der Waals surface area (Å²) in [6.07, 6.45) is 2.33. The number of hydrogen-bond donors (Lipinski definition) is 1.